The number of likely N-dealkylation sites (N-methyl/N-ethyl adjacent to an activating group) is 1. The normalized spacial score (nSPS) is 18.9. The topological polar surface area (TPSA) is 53.5 Å². The molecule has 1 N–H and O–H groups in total. The van der Waals surface area contributed by atoms with Crippen LogP contribution in [-0.4, -0.2) is 67.3 Å². The van der Waals surface area contributed by atoms with Crippen molar-refractivity contribution in [3.63, 3.8) is 0 Å². The summed E-state index contributed by atoms with van der Waals surface area (Å²) in [6, 6.07) is 15.6. The summed E-state index contributed by atoms with van der Waals surface area (Å²) in [5.41, 5.74) is 1.12. The maximum atomic E-state index is 16.3. The molecule has 4 heterocycles. The number of halogens is 2. The molecular weight excluding hydrogens is 477 g/mol. The Morgan fingerprint density at radius 2 is 1.86 bits per heavy atom. The van der Waals surface area contributed by atoms with E-state index in [1.807, 2.05) is 48.5 Å². The molecule has 0 spiro atoms. The van der Waals surface area contributed by atoms with Crippen molar-refractivity contribution < 1.29 is 9.13 Å². The average Bonchev–Trinajstić information content (AvgIpc) is 3.33. The summed E-state index contributed by atoms with van der Waals surface area (Å²) in [6.07, 6.45) is 2.23. The monoisotopic (exact) mass is 505 g/mol. The number of hydrogen-bond donors (Lipinski definition) is 1. The highest BCUT2D eigenvalue weighted by Crippen LogP contribution is 2.38. The van der Waals surface area contributed by atoms with Gasteiger partial charge in [0, 0.05) is 48.2 Å². The molecule has 0 amide bonds. The first-order valence-corrected chi connectivity index (χ1v) is 12.9. The van der Waals surface area contributed by atoms with Gasteiger partial charge in [0.25, 0.3) is 0 Å². The Morgan fingerprint density at radius 1 is 1.06 bits per heavy atom. The van der Waals surface area contributed by atoms with Crippen LogP contribution in [0.2, 0.25) is 5.02 Å². The molecule has 2 aromatic heterocycles. The molecule has 6 nitrogen and oxygen atoms in total. The maximum absolute atomic E-state index is 16.3. The summed E-state index contributed by atoms with van der Waals surface area (Å²) >= 11 is 6.60. The van der Waals surface area contributed by atoms with Gasteiger partial charge in [0.15, 0.2) is 5.82 Å². The molecule has 6 rings (SSSR count). The molecule has 0 bridgehead atoms. The van der Waals surface area contributed by atoms with Gasteiger partial charge in [-0.3, -0.25) is 0 Å². The Kier molecular flexibility index (Phi) is 6.37. The van der Waals surface area contributed by atoms with E-state index in [0.717, 1.165) is 62.2 Å². The minimum absolute atomic E-state index is 0.209. The standard InChI is InChI=1S/C28H29ClFN5O/c1-34-14-4-7-19(34)17-36-28-21-10-11-23(35-15-12-31-13-16-35)32-27(21)25(30)26(33-28)20-8-2-5-18-6-3-9-22(29)24(18)20/h2-3,5-6,8-11,19,31H,4,7,12-17H2,1H3/t19-/m1/s1. The third-order valence-corrected chi connectivity index (χ3v) is 7.69. The van der Waals surface area contributed by atoms with E-state index in [1.165, 1.54) is 0 Å². The highest BCUT2D eigenvalue weighted by molar-refractivity contribution is 6.36. The van der Waals surface area contributed by atoms with Gasteiger partial charge in [0.2, 0.25) is 5.88 Å². The highest BCUT2D eigenvalue weighted by atomic mass is 35.5. The summed E-state index contributed by atoms with van der Waals surface area (Å²) in [6.45, 7) is 4.96. The number of likely N-dealkylation sites (tertiary alicyclic amines) is 1. The first kappa shape index (κ1) is 23.4. The number of benzene rings is 2. The van der Waals surface area contributed by atoms with Crippen LogP contribution in [0.5, 0.6) is 5.88 Å². The average molecular weight is 506 g/mol. The zero-order chi connectivity index (χ0) is 24.6. The van der Waals surface area contributed by atoms with Gasteiger partial charge in [-0.15, -0.1) is 0 Å². The van der Waals surface area contributed by atoms with Gasteiger partial charge < -0.3 is 19.9 Å². The van der Waals surface area contributed by atoms with Crippen LogP contribution in [0.1, 0.15) is 12.8 Å². The molecule has 2 aliphatic heterocycles. The number of piperazine rings is 1. The molecule has 0 saturated carbocycles. The van der Waals surface area contributed by atoms with Crippen LogP contribution in [0.3, 0.4) is 0 Å². The second-order valence-electron chi connectivity index (χ2n) is 9.61. The molecule has 36 heavy (non-hydrogen) atoms. The lowest BCUT2D eigenvalue weighted by atomic mass is 10.0. The number of ether oxygens (including phenoxy) is 1. The Hall–Kier alpha value is -3.00. The van der Waals surface area contributed by atoms with Crippen molar-refractivity contribution >= 4 is 39.1 Å². The number of fused-ring (bicyclic) bond motifs is 2. The molecule has 0 aliphatic carbocycles. The third kappa shape index (κ3) is 4.25. The van der Waals surface area contributed by atoms with E-state index < -0.39 is 5.82 Å². The second-order valence-corrected chi connectivity index (χ2v) is 10.0. The number of rotatable bonds is 5. The van der Waals surface area contributed by atoms with Gasteiger partial charge in [0.1, 0.15) is 23.6 Å². The molecule has 8 heteroatoms. The maximum Gasteiger partial charge on any atom is 0.223 e. The van der Waals surface area contributed by atoms with Gasteiger partial charge >= 0.3 is 0 Å². The van der Waals surface area contributed by atoms with E-state index in [1.54, 1.807) is 0 Å². The lowest BCUT2D eigenvalue weighted by Crippen LogP contribution is -2.43. The van der Waals surface area contributed by atoms with Gasteiger partial charge in [-0.05, 0) is 50.0 Å². The Labute approximate surface area is 215 Å². The van der Waals surface area contributed by atoms with E-state index in [-0.39, 0.29) is 11.2 Å². The van der Waals surface area contributed by atoms with Crippen LogP contribution in [0, 0.1) is 5.82 Å². The summed E-state index contributed by atoms with van der Waals surface area (Å²) < 4.78 is 22.6. The first-order valence-electron chi connectivity index (χ1n) is 12.6. The van der Waals surface area contributed by atoms with E-state index in [4.69, 9.17) is 26.3 Å². The van der Waals surface area contributed by atoms with Gasteiger partial charge in [-0.1, -0.05) is 41.9 Å². The minimum atomic E-state index is -0.459. The fourth-order valence-corrected chi connectivity index (χ4v) is 5.61. The van der Waals surface area contributed by atoms with E-state index in [9.17, 15) is 0 Å². The van der Waals surface area contributed by atoms with Crippen molar-refractivity contribution in [2.75, 3.05) is 51.3 Å². The number of nitrogens with one attached hydrogen (secondary N) is 1. The molecule has 2 saturated heterocycles. The first-order chi connectivity index (χ1) is 17.6. The quantitative estimate of drug-likeness (QED) is 0.406. The van der Waals surface area contributed by atoms with E-state index in [0.29, 0.717) is 34.5 Å². The van der Waals surface area contributed by atoms with Gasteiger partial charge in [0.05, 0.1) is 5.39 Å². The van der Waals surface area contributed by atoms with Crippen molar-refractivity contribution in [3.05, 3.63) is 59.4 Å². The largest absolute Gasteiger partial charge is 0.475 e. The van der Waals surface area contributed by atoms with Crippen LogP contribution < -0.4 is 15.0 Å². The molecule has 0 radical (unpaired) electrons. The fourth-order valence-electron chi connectivity index (χ4n) is 5.33. The fraction of sp³-hybridized carbons (Fsp3) is 0.357. The van der Waals surface area contributed by atoms with E-state index in [2.05, 4.69) is 22.2 Å². The molecule has 2 aromatic carbocycles. The zero-order valence-corrected chi connectivity index (χ0v) is 21.1. The van der Waals surface area contributed by atoms with Crippen molar-refractivity contribution in [2.45, 2.75) is 18.9 Å². The lowest BCUT2D eigenvalue weighted by Gasteiger charge is -2.28. The van der Waals surface area contributed by atoms with Crippen LogP contribution in [-0.2, 0) is 0 Å². The zero-order valence-electron chi connectivity index (χ0n) is 20.3. The Bertz CT molecular complexity index is 1420. The molecular formula is C28H29ClFN5O. The van der Waals surface area contributed by atoms with Gasteiger partial charge in [-0.2, -0.15) is 0 Å². The van der Waals surface area contributed by atoms with Crippen LogP contribution in [0.15, 0.2) is 48.5 Å². The van der Waals surface area contributed by atoms with E-state index >= 15 is 4.39 Å². The Balaban J connectivity index is 1.51. The smallest absolute Gasteiger partial charge is 0.223 e. The molecule has 2 fully saturated rings. The van der Waals surface area contributed by atoms with Gasteiger partial charge in [-0.25, -0.2) is 14.4 Å². The predicted molar refractivity (Wildman–Crippen MR) is 144 cm³/mol. The van der Waals surface area contributed by atoms with Crippen LogP contribution in [0.25, 0.3) is 32.9 Å². The summed E-state index contributed by atoms with van der Waals surface area (Å²) in [7, 11) is 2.11. The van der Waals surface area contributed by atoms with Crippen molar-refractivity contribution in [2.24, 2.45) is 0 Å². The van der Waals surface area contributed by atoms with Crippen molar-refractivity contribution in [1.29, 1.82) is 0 Å². The second kappa shape index (κ2) is 9.81. The molecule has 2 aliphatic rings. The minimum Gasteiger partial charge on any atom is -0.475 e. The molecule has 0 unspecified atom stereocenters. The predicted octanol–water partition coefficient (Wildman–Crippen LogP) is 5.13. The molecule has 186 valence electrons. The third-order valence-electron chi connectivity index (χ3n) is 7.37. The summed E-state index contributed by atoms with van der Waals surface area (Å²) in [5, 5.41) is 6.19. The summed E-state index contributed by atoms with van der Waals surface area (Å²) in [5.74, 6) is 0.710. The molecule has 4 aromatic rings. The highest BCUT2D eigenvalue weighted by Gasteiger charge is 2.25. The Morgan fingerprint density at radius 3 is 2.64 bits per heavy atom. The number of hydrogen-bond acceptors (Lipinski definition) is 6. The van der Waals surface area contributed by atoms with Crippen molar-refractivity contribution in [1.82, 2.24) is 20.2 Å². The SMILES string of the molecule is CN1CCC[C@@H]1COc1nc(-c2cccc3cccc(Cl)c23)c(F)c2nc(N3CCNCC3)ccc12. The number of anilines is 1. The summed E-state index contributed by atoms with van der Waals surface area (Å²) in [4.78, 5) is 14.0. The number of aromatic nitrogens is 2. The lowest BCUT2D eigenvalue weighted by molar-refractivity contribution is 0.195. The van der Waals surface area contributed by atoms with Crippen LogP contribution >= 0.6 is 11.6 Å². The number of pyridine rings is 2. The van der Waals surface area contributed by atoms with Crippen LogP contribution in [0.4, 0.5) is 10.2 Å². The molecule has 1 atom stereocenters. The van der Waals surface area contributed by atoms with Crippen molar-refractivity contribution in [3.8, 4) is 17.1 Å². The number of nitrogens with zero attached hydrogens (tertiary/aromatic N) is 4.